The standard InChI is InChI=1S/C18H12F3NO3S2/c1-24-14-8-10(9-15-16(23)22-17(26)27-15)6-7-13(14)25-12-5-3-2-4-11(12)18(19,20)21/h2-9H,1H3,(H,22,23,26). The minimum absolute atomic E-state index is 0.121. The zero-order valence-electron chi connectivity index (χ0n) is 13.8. The van der Waals surface area contributed by atoms with Gasteiger partial charge in [0.2, 0.25) is 0 Å². The number of thioether (sulfide) groups is 1. The maximum absolute atomic E-state index is 13.1. The summed E-state index contributed by atoms with van der Waals surface area (Å²) in [4.78, 5) is 12.1. The number of benzene rings is 2. The van der Waals surface area contributed by atoms with E-state index >= 15 is 0 Å². The lowest BCUT2D eigenvalue weighted by Gasteiger charge is -2.15. The third kappa shape index (κ3) is 4.42. The van der Waals surface area contributed by atoms with Crippen LogP contribution in [0.5, 0.6) is 17.2 Å². The van der Waals surface area contributed by atoms with Crippen molar-refractivity contribution in [1.82, 2.24) is 5.32 Å². The molecule has 0 spiro atoms. The van der Waals surface area contributed by atoms with Crippen LogP contribution < -0.4 is 14.8 Å². The van der Waals surface area contributed by atoms with Crippen LogP contribution in [0.15, 0.2) is 47.4 Å². The first-order valence-electron chi connectivity index (χ1n) is 7.55. The Morgan fingerprint density at radius 1 is 1.11 bits per heavy atom. The first-order chi connectivity index (χ1) is 12.8. The summed E-state index contributed by atoms with van der Waals surface area (Å²) < 4.78 is 50.4. The van der Waals surface area contributed by atoms with Gasteiger partial charge in [0.25, 0.3) is 5.91 Å². The Hall–Kier alpha value is -2.52. The van der Waals surface area contributed by atoms with Crippen LogP contribution in [0.1, 0.15) is 11.1 Å². The van der Waals surface area contributed by atoms with Gasteiger partial charge in [-0.1, -0.05) is 42.2 Å². The largest absolute Gasteiger partial charge is 0.493 e. The Labute approximate surface area is 162 Å². The number of alkyl halides is 3. The Bertz CT molecular complexity index is 942. The van der Waals surface area contributed by atoms with E-state index in [9.17, 15) is 18.0 Å². The number of carbonyl (C=O) groups excluding carboxylic acids is 1. The number of hydrogen-bond acceptors (Lipinski definition) is 5. The average molecular weight is 411 g/mol. The normalized spacial score (nSPS) is 15.8. The van der Waals surface area contributed by atoms with Gasteiger partial charge in [0, 0.05) is 0 Å². The molecule has 0 unspecified atom stereocenters. The van der Waals surface area contributed by atoms with Crippen LogP contribution in [0, 0.1) is 0 Å². The minimum Gasteiger partial charge on any atom is -0.493 e. The summed E-state index contributed by atoms with van der Waals surface area (Å²) >= 11 is 6.06. The lowest BCUT2D eigenvalue weighted by atomic mass is 10.1. The highest BCUT2D eigenvalue weighted by molar-refractivity contribution is 8.26. The number of ether oxygens (including phenoxy) is 2. The Kier molecular flexibility index (Phi) is 5.43. The van der Waals surface area contributed by atoms with Crippen molar-refractivity contribution < 1.29 is 27.4 Å². The average Bonchev–Trinajstić information content (AvgIpc) is 2.93. The summed E-state index contributed by atoms with van der Waals surface area (Å²) in [6, 6.07) is 9.57. The molecule has 0 aromatic heterocycles. The molecule has 27 heavy (non-hydrogen) atoms. The van der Waals surface area contributed by atoms with E-state index in [-0.39, 0.29) is 23.2 Å². The zero-order chi connectivity index (χ0) is 19.6. The molecule has 0 bridgehead atoms. The number of halogens is 3. The molecule has 0 saturated carbocycles. The van der Waals surface area contributed by atoms with E-state index < -0.39 is 11.7 Å². The lowest BCUT2D eigenvalue weighted by Crippen LogP contribution is -2.17. The smallest absolute Gasteiger partial charge is 0.419 e. The second-order valence-electron chi connectivity index (χ2n) is 5.36. The Morgan fingerprint density at radius 3 is 2.48 bits per heavy atom. The second-order valence-corrected chi connectivity index (χ2v) is 7.08. The Balaban J connectivity index is 1.92. The summed E-state index contributed by atoms with van der Waals surface area (Å²) in [5, 5.41) is 2.50. The van der Waals surface area contributed by atoms with Crippen molar-refractivity contribution in [3.8, 4) is 17.2 Å². The summed E-state index contributed by atoms with van der Waals surface area (Å²) in [6.07, 6.45) is -2.94. The van der Waals surface area contributed by atoms with Gasteiger partial charge in [-0.15, -0.1) is 0 Å². The molecule has 4 nitrogen and oxygen atoms in total. The number of para-hydroxylation sites is 1. The first-order valence-corrected chi connectivity index (χ1v) is 8.77. The SMILES string of the molecule is COc1cc(C=C2SC(=S)NC2=O)ccc1Oc1ccccc1C(F)(F)F. The molecule has 1 heterocycles. The summed E-state index contributed by atoms with van der Waals surface area (Å²) in [5.74, 6) is -0.281. The van der Waals surface area contributed by atoms with Crippen LogP contribution in [-0.2, 0) is 11.0 Å². The van der Waals surface area contributed by atoms with Crippen LogP contribution >= 0.6 is 24.0 Å². The molecule has 9 heteroatoms. The van der Waals surface area contributed by atoms with Gasteiger partial charge in [0.15, 0.2) is 11.5 Å². The van der Waals surface area contributed by atoms with Crippen LogP contribution in [0.2, 0.25) is 0 Å². The van der Waals surface area contributed by atoms with Crippen LogP contribution in [0.25, 0.3) is 6.08 Å². The van der Waals surface area contributed by atoms with Gasteiger partial charge in [-0.25, -0.2) is 0 Å². The molecule has 2 aromatic carbocycles. The van der Waals surface area contributed by atoms with Crippen LogP contribution in [-0.4, -0.2) is 17.3 Å². The molecular weight excluding hydrogens is 399 g/mol. The number of carbonyl (C=O) groups is 1. The van der Waals surface area contributed by atoms with Gasteiger partial charge in [-0.3, -0.25) is 4.79 Å². The molecule has 1 saturated heterocycles. The highest BCUT2D eigenvalue weighted by atomic mass is 32.2. The maximum atomic E-state index is 13.1. The van der Waals surface area contributed by atoms with E-state index in [1.54, 1.807) is 18.2 Å². The molecule has 1 N–H and O–H groups in total. The molecule has 1 amide bonds. The fourth-order valence-electron chi connectivity index (χ4n) is 2.34. The molecule has 1 aliphatic heterocycles. The van der Waals surface area contributed by atoms with Gasteiger partial charge in [-0.05, 0) is 35.9 Å². The molecule has 0 atom stereocenters. The lowest BCUT2D eigenvalue weighted by molar-refractivity contribution is -0.138. The number of nitrogens with one attached hydrogen (secondary N) is 1. The van der Waals surface area contributed by atoms with Gasteiger partial charge >= 0.3 is 6.18 Å². The molecule has 3 rings (SSSR count). The van der Waals surface area contributed by atoms with Crippen molar-refractivity contribution >= 4 is 40.3 Å². The monoisotopic (exact) mass is 411 g/mol. The molecule has 0 aliphatic carbocycles. The summed E-state index contributed by atoms with van der Waals surface area (Å²) in [5.41, 5.74) is -0.267. The Morgan fingerprint density at radius 2 is 1.85 bits per heavy atom. The molecule has 0 radical (unpaired) electrons. The molecule has 1 aliphatic rings. The first kappa shape index (κ1) is 19.2. The van der Waals surface area contributed by atoms with Crippen molar-refractivity contribution in [2.24, 2.45) is 0 Å². The number of thiocarbonyl (C=S) groups is 1. The minimum atomic E-state index is -4.54. The zero-order valence-corrected chi connectivity index (χ0v) is 15.4. The predicted octanol–water partition coefficient (Wildman–Crippen LogP) is 5.00. The third-order valence-electron chi connectivity index (χ3n) is 3.54. The fourth-order valence-corrected chi connectivity index (χ4v) is 3.38. The van der Waals surface area contributed by atoms with Crippen molar-refractivity contribution in [3.05, 3.63) is 58.5 Å². The van der Waals surface area contributed by atoms with E-state index in [1.165, 1.54) is 31.4 Å². The maximum Gasteiger partial charge on any atom is 0.419 e. The molecular formula is C18H12F3NO3S2. The van der Waals surface area contributed by atoms with Gasteiger partial charge in [-0.2, -0.15) is 13.2 Å². The highest BCUT2D eigenvalue weighted by Crippen LogP contribution is 2.40. The highest BCUT2D eigenvalue weighted by Gasteiger charge is 2.34. The van der Waals surface area contributed by atoms with E-state index in [2.05, 4.69) is 5.32 Å². The topological polar surface area (TPSA) is 47.6 Å². The van der Waals surface area contributed by atoms with Crippen LogP contribution in [0.3, 0.4) is 0 Å². The van der Waals surface area contributed by atoms with E-state index in [0.29, 0.717) is 14.8 Å². The van der Waals surface area contributed by atoms with Gasteiger partial charge in [0.1, 0.15) is 10.1 Å². The summed E-state index contributed by atoms with van der Waals surface area (Å²) in [7, 11) is 1.38. The third-order valence-corrected chi connectivity index (χ3v) is 4.70. The van der Waals surface area contributed by atoms with Crippen molar-refractivity contribution in [1.29, 1.82) is 0 Å². The van der Waals surface area contributed by atoms with Gasteiger partial charge in [0.05, 0.1) is 17.6 Å². The number of amides is 1. The fraction of sp³-hybridized carbons (Fsp3) is 0.111. The van der Waals surface area contributed by atoms with E-state index in [4.69, 9.17) is 21.7 Å². The van der Waals surface area contributed by atoms with E-state index in [1.807, 2.05) is 0 Å². The van der Waals surface area contributed by atoms with E-state index in [0.717, 1.165) is 17.8 Å². The number of rotatable bonds is 4. The van der Waals surface area contributed by atoms with Crippen molar-refractivity contribution in [3.63, 3.8) is 0 Å². The summed E-state index contributed by atoms with van der Waals surface area (Å²) in [6.45, 7) is 0. The molecule has 2 aromatic rings. The quantitative estimate of drug-likeness (QED) is 0.567. The number of methoxy groups -OCH3 is 1. The predicted molar refractivity (Wildman–Crippen MR) is 101 cm³/mol. The second kappa shape index (κ2) is 7.61. The number of hydrogen-bond donors (Lipinski definition) is 1. The van der Waals surface area contributed by atoms with Gasteiger partial charge < -0.3 is 14.8 Å². The van der Waals surface area contributed by atoms with Crippen LogP contribution in [0.4, 0.5) is 13.2 Å². The molecule has 1 fully saturated rings. The molecule has 140 valence electrons. The van der Waals surface area contributed by atoms with Crippen molar-refractivity contribution in [2.75, 3.05) is 7.11 Å². The van der Waals surface area contributed by atoms with Crippen molar-refractivity contribution in [2.45, 2.75) is 6.18 Å².